The Kier molecular flexibility index (Phi) is 7.96. The van der Waals surface area contributed by atoms with Crippen LogP contribution in [0.1, 0.15) is 42.6 Å². The molecule has 2 aromatic rings. The van der Waals surface area contributed by atoms with E-state index in [4.69, 9.17) is 14.6 Å². The second-order valence-corrected chi connectivity index (χ2v) is 6.07. The number of nitro groups is 1. The molecule has 2 N–H and O–H groups in total. The average Bonchev–Trinajstić information content (AvgIpc) is 2.71. The fourth-order valence-electron chi connectivity index (χ4n) is 2.37. The lowest BCUT2D eigenvalue weighted by molar-refractivity contribution is -0.385. The van der Waals surface area contributed by atoms with Crippen LogP contribution in [0.4, 0.5) is 11.4 Å². The molecule has 0 atom stereocenters. The largest absolute Gasteiger partial charge is 0.493 e. The Morgan fingerprint density at radius 1 is 1.17 bits per heavy atom. The van der Waals surface area contributed by atoms with Crippen molar-refractivity contribution in [1.82, 2.24) is 0 Å². The van der Waals surface area contributed by atoms with Gasteiger partial charge >= 0.3 is 11.7 Å². The smallest absolute Gasteiger partial charge is 0.335 e. The number of anilines is 1. The number of carboxylic acid groups (broad SMARTS) is 1. The number of nitrogens with one attached hydrogen (secondary N) is 1. The molecule has 2 rings (SSSR count). The Labute approximate surface area is 168 Å². The maximum Gasteiger partial charge on any atom is 0.335 e. The minimum atomic E-state index is -1.05. The highest BCUT2D eigenvalue weighted by Gasteiger charge is 2.20. The molecule has 0 bridgehead atoms. The quantitative estimate of drug-likeness (QED) is 0.326. The van der Waals surface area contributed by atoms with Crippen LogP contribution >= 0.6 is 0 Å². The lowest BCUT2D eigenvalue weighted by Gasteiger charge is -2.12. The first kappa shape index (κ1) is 21.7. The molecule has 2 aromatic carbocycles. The number of rotatable bonds is 11. The lowest BCUT2D eigenvalue weighted by atomic mass is 10.1. The summed E-state index contributed by atoms with van der Waals surface area (Å²) in [5, 5.41) is 24.5. The molecule has 0 aliphatic heterocycles. The zero-order valence-corrected chi connectivity index (χ0v) is 16.3. The number of benzene rings is 2. The first-order chi connectivity index (χ1) is 14.0. The maximum absolute atomic E-state index is 11.4. The molecule has 0 aliphatic rings. The van der Waals surface area contributed by atoms with E-state index in [0.717, 1.165) is 6.42 Å². The van der Waals surface area contributed by atoms with E-state index in [1.165, 1.54) is 30.5 Å². The summed E-state index contributed by atoms with van der Waals surface area (Å²) in [5.41, 5.74) is 3.52. The van der Waals surface area contributed by atoms with E-state index in [-0.39, 0.29) is 17.0 Å². The molecule has 0 unspecified atom stereocenters. The van der Waals surface area contributed by atoms with Gasteiger partial charge < -0.3 is 14.6 Å². The van der Waals surface area contributed by atoms with Gasteiger partial charge in [0.1, 0.15) is 5.75 Å². The predicted molar refractivity (Wildman–Crippen MR) is 109 cm³/mol. The molecule has 29 heavy (non-hydrogen) atoms. The number of carboxylic acids is 1. The van der Waals surface area contributed by atoms with E-state index >= 15 is 0 Å². The fraction of sp³-hybridized carbons (Fsp3) is 0.300. The molecular formula is C20H23N3O6. The lowest BCUT2D eigenvalue weighted by Crippen LogP contribution is -2.04. The molecule has 0 heterocycles. The average molecular weight is 401 g/mol. The number of hydrazone groups is 1. The van der Waals surface area contributed by atoms with Gasteiger partial charge in [0.15, 0.2) is 0 Å². The predicted octanol–water partition coefficient (Wildman–Crippen LogP) is 4.32. The highest BCUT2D eigenvalue weighted by Crippen LogP contribution is 2.34. The zero-order chi connectivity index (χ0) is 21.2. The Balaban J connectivity index is 2.31. The number of carbonyl (C=O) groups is 1. The van der Waals surface area contributed by atoms with Crippen molar-refractivity contribution in [1.29, 1.82) is 0 Å². The van der Waals surface area contributed by atoms with Gasteiger partial charge in [0.2, 0.25) is 5.75 Å². The Morgan fingerprint density at radius 3 is 2.48 bits per heavy atom. The summed E-state index contributed by atoms with van der Waals surface area (Å²) in [6.45, 7) is 4.64. The van der Waals surface area contributed by atoms with Crippen LogP contribution < -0.4 is 14.9 Å². The van der Waals surface area contributed by atoms with Gasteiger partial charge in [-0.1, -0.05) is 19.9 Å². The molecule has 0 saturated carbocycles. The van der Waals surface area contributed by atoms with Gasteiger partial charge in [0.25, 0.3) is 0 Å². The number of hydrogen-bond acceptors (Lipinski definition) is 7. The molecule has 154 valence electrons. The molecular weight excluding hydrogens is 378 g/mol. The summed E-state index contributed by atoms with van der Waals surface area (Å²) >= 11 is 0. The van der Waals surface area contributed by atoms with Gasteiger partial charge in [-0.2, -0.15) is 5.10 Å². The van der Waals surface area contributed by atoms with E-state index in [0.29, 0.717) is 36.6 Å². The van der Waals surface area contributed by atoms with Gasteiger partial charge in [-0.3, -0.25) is 15.5 Å². The molecule has 0 aromatic heterocycles. The standard InChI is InChI=1S/C20H23N3O6/c1-3-8-28-18-12-19(29-9-4-2)17(23(26)27)11-15(18)13-21-22-16-7-5-6-14(10-16)20(24)25/h5-7,10-13,22H,3-4,8-9H2,1-2H3,(H,24,25). The zero-order valence-electron chi connectivity index (χ0n) is 16.3. The second-order valence-electron chi connectivity index (χ2n) is 6.07. The summed E-state index contributed by atoms with van der Waals surface area (Å²) in [4.78, 5) is 22.0. The Bertz CT molecular complexity index is 898. The van der Waals surface area contributed by atoms with Crippen molar-refractivity contribution in [2.75, 3.05) is 18.6 Å². The van der Waals surface area contributed by atoms with Crippen molar-refractivity contribution >= 4 is 23.6 Å². The molecule has 0 aliphatic carbocycles. The van der Waals surface area contributed by atoms with E-state index in [2.05, 4.69) is 10.5 Å². The maximum atomic E-state index is 11.4. The molecule has 9 heteroatoms. The molecule has 0 fully saturated rings. The van der Waals surface area contributed by atoms with E-state index in [9.17, 15) is 14.9 Å². The first-order valence-electron chi connectivity index (χ1n) is 9.16. The van der Waals surface area contributed by atoms with E-state index in [1.807, 2.05) is 13.8 Å². The van der Waals surface area contributed by atoms with Crippen molar-refractivity contribution in [2.24, 2.45) is 5.10 Å². The molecule has 0 saturated heterocycles. The Morgan fingerprint density at radius 2 is 1.86 bits per heavy atom. The number of nitrogens with zero attached hydrogens (tertiary/aromatic N) is 2. The highest BCUT2D eigenvalue weighted by molar-refractivity contribution is 5.89. The van der Waals surface area contributed by atoms with Gasteiger partial charge in [0, 0.05) is 17.7 Å². The third-order valence-corrected chi connectivity index (χ3v) is 3.72. The SMILES string of the molecule is CCCOc1cc(OCCC)c([N+](=O)[O-])cc1C=NNc1cccc(C(=O)O)c1. The van der Waals surface area contributed by atoms with Gasteiger partial charge in [-0.15, -0.1) is 0 Å². The van der Waals surface area contributed by atoms with Crippen LogP contribution in [-0.2, 0) is 0 Å². The number of ether oxygens (including phenoxy) is 2. The monoisotopic (exact) mass is 401 g/mol. The van der Waals surface area contributed by atoms with Gasteiger partial charge in [-0.05, 0) is 31.0 Å². The van der Waals surface area contributed by atoms with Crippen molar-refractivity contribution in [3.8, 4) is 11.5 Å². The van der Waals surface area contributed by atoms with Gasteiger partial charge in [-0.25, -0.2) is 4.79 Å². The van der Waals surface area contributed by atoms with Crippen LogP contribution in [0.15, 0.2) is 41.5 Å². The minimum absolute atomic E-state index is 0.116. The van der Waals surface area contributed by atoms with Crippen LogP contribution in [0.2, 0.25) is 0 Å². The topological polar surface area (TPSA) is 123 Å². The molecule has 0 amide bonds. The van der Waals surface area contributed by atoms with Crippen molar-refractivity contribution in [2.45, 2.75) is 26.7 Å². The van der Waals surface area contributed by atoms with Crippen LogP contribution in [-0.4, -0.2) is 35.4 Å². The van der Waals surface area contributed by atoms with Crippen molar-refractivity contribution < 1.29 is 24.3 Å². The summed E-state index contributed by atoms with van der Waals surface area (Å²) in [6, 6.07) is 8.97. The third kappa shape index (κ3) is 6.20. The van der Waals surface area contributed by atoms with Crippen LogP contribution in [0.25, 0.3) is 0 Å². The van der Waals surface area contributed by atoms with Crippen molar-refractivity contribution in [3.63, 3.8) is 0 Å². The van der Waals surface area contributed by atoms with Crippen LogP contribution in [0.3, 0.4) is 0 Å². The molecule has 9 nitrogen and oxygen atoms in total. The molecule has 0 spiro atoms. The number of nitro benzene ring substituents is 1. The van der Waals surface area contributed by atoms with Crippen molar-refractivity contribution in [3.05, 3.63) is 57.6 Å². The van der Waals surface area contributed by atoms with E-state index in [1.54, 1.807) is 12.1 Å². The first-order valence-corrected chi connectivity index (χ1v) is 9.16. The Hall–Kier alpha value is -3.62. The van der Waals surface area contributed by atoms with Crippen LogP contribution in [0.5, 0.6) is 11.5 Å². The normalized spacial score (nSPS) is 10.7. The molecule has 0 radical (unpaired) electrons. The second kappa shape index (κ2) is 10.6. The summed E-state index contributed by atoms with van der Waals surface area (Å²) in [6.07, 6.45) is 2.86. The van der Waals surface area contributed by atoms with Crippen LogP contribution in [0, 0.1) is 10.1 Å². The van der Waals surface area contributed by atoms with E-state index < -0.39 is 10.9 Å². The third-order valence-electron chi connectivity index (χ3n) is 3.72. The number of hydrogen-bond donors (Lipinski definition) is 2. The number of aromatic carboxylic acids is 1. The van der Waals surface area contributed by atoms with Gasteiger partial charge in [0.05, 0.1) is 35.6 Å². The summed E-state index contributed by atoms with van der Waals surface area (Å²) < 4.78 is 11.2. The highest BCUT2D eigenvalue weighted by atomic mass is 16.6. The minimum Gasteiger partial charge on any atom is -0.493 e. The summed E-state index contributed by atoms with van der Waals surface area (Å²) in [7, 11) is 0. The fourth-order valence-corrected chi connectivity index (χ4v) is 2.37. The summed E-state index contributed by atoms with van der Waals surface area (Å²) in [5.74, 6) is -0.498.